The normalized spacial score (nSPS) is 14.3. The number of hydrogen-bond acceptors (Lipinski definition) is 5. The molecule has 1 aromatic carbocycles. The zero-order valence-corrected chi connectivity index (χ0v) is 13.2. The summed E-state index contributed by atoms with van der Waals surface area (Å²) in [5.41, 5.74) is 0.216. The number of pyridine rings is 1. The lowest BCUT2D eigenvalue weighted by molar-refractivity contribution is -0.274. The summed E-state index contributed by atoms with van der Waals surface area (Å²) < 4.78 is 46.8. The van der Waals surface area contributed by atoms with Gasteiger partial charge in [0.25, 0.3) is 5.91 Å². The SMILES string of the molecule is N#Cc1ccnc(OC2CN(C(=O)c3ccccc3OC(F)(F)F)C2)c1. The number of ether oxygens (including phenoxy) is 2. The van der Waals surface area contributed by atoms with E-state index in [1.165, 1.54) is 41.4 Å². The Bertz CT molecular complexity index is 858. The predicted molar refractivity (Wildman–Crippen MR) is 82.4 cm³/mol. The Morgan fingerprint density at radius 3 is 2.69 bits per heavy atom. The van der Waals surface area contributed by atoms with E-state index in [0.29, 0.717) is 5.56 Å². The smallest absolute Gasteiger partial charge is 0.471 e. The van der Waals surface area contributed by atoms with Gasteiger partial charge in [-0.15, -0.1) is 13.2 Å². The van der Waals surface area contributed by atoms with E-state index >= 15 is 0 Å². The topological polar surface area (TPSA) is 75.5 Å². The van der Waals surface area contributed by atoms with Crippen LogP contribution in [0.25, 0.3) is 0 Å². The molecule has 0 spiro atoms. The monoisotopic (exact) mass is 363 g/mol. The molecule has 0 radical (unpaired) electrons. The number of halogens is 3. The first-order chi connectivity index (χ1) is 12.4. The van der Waals surface area contributed by atoms with Crippen molar-refractivity contribution in [2.75, 3.05) is 13.1 Å². The molecule has 0 aliphatic carbocycles. The van der Waals surface area contributed by atoms with Crippen LogP contribution in [0.4, 0.5) is 13.2 Å². The molecule has 2 heterocycles. The molecule has 0 N–H and O–H groups in total. The second-order valence-electron chi connectivity index (χ2n) is 5.49. The van der Waals surface area contributed by atoms with Crippen molar-refractivity contribution in [3.8, 4) is 17.7 Å². The number of alkyl halides is 3. The predicted octanol–water partition coefficient (Wildman–Crippen LogP) is 2.76. The van der Waals surface area contributed by atoms with E-state index in [2.05, 4.69) is 9.72 Å². The number of rotatable bonds is 4. The second kappa shape index (κ2) is 6.92. The Morgan fingerprint density at radius 1 is 1.27 bits per heavy atom. The van der Waals surface area contributed by atoms with Crippen molar-refractivity contribution in [1.29, 1.82) is 5.26 Å². The number of carbonyl (C=O) groups excluding carboxylic acids is 1. The third-order valence-electron chi connectivity index (χ3n) is 3.63. The van der Waals surface area contributed by atoms with Crippen LogP contribution in [0.1, 0.15) is 15.9 Å². The summed E-state index contributed by atoms with van der Waals surface area (Å²) in [6.07, 6.45) is -3.80. The maximum atomic E-state index is 12.5. The molecular formula is C17H12F3N3O3. The second-order valence-corrected chi connectivity index (χ2v) is 5.49. The molecule has 0 saturated carbocycles. The number of aromatic nitrogens is 1. The molecule has 0 atom stereocenters. The molecule has 6 nitrogen and oxygen atoms in total. The standard InChI is InChI=1S/C17H12F3N3O3/c18-17(19,20)26-14-4-2-1-3-13(14)16(24)23-9-12(10-23)25-15-7-11(8-21)5-6-22-15/h1-7,12H,9-10H2. The molecule has 1 aliphatic heterocycles. The third-order valence-corrected chi connectivity index (χ3v) is 3.63. The average molecular weight is 363 g/mol. The van der Waals surface area contributed by atoms with Crippen LogP contribution in [0.15, 0.2) is 42.6 Å². The molecule has 26 heavy (non-hydrogen) atoms. The number of nitrogens with zero attached hydrogens (tertiary/aromatic N) is 3. The van der Waals surface area contributed by atoms with Gasteiger partial charge >= 0.3 is 6.36 Å². The Morgan fingerprint density at radius 2 is 2.00 bits per heavy atom. The fraction of sp³-hybridized carbons (Fsp3) is 0.235. The molecule has 1 aliphatic rings. The maximum absolute atomic E-state index is 12.5. The minimum atomic E-state index is -4.88. The van der Waals surface area contributed by atoms with Gasteiger partial charge in [0.2, 0.25) is 5.88 Å². The fourth-order valence-corrected chi connectivity index (χ4v) is 2.42. The molecule has 134 valence electrons. The first kappa shape index (κ1) is 17.5. The van der Waals surface area contributed by atoms with Crippen molar-refractivity contribution in [3.63, 3.8) is 0 Å². The summed E-state index contributed by atoms with van der Waals surface area (Å²) in [6.45, 7) is 0.384. The summed E-state index contributed by atoms with van der Waals surface area (Å²) >= 11 is 0. The van der Waals surface area contributed by atoms with E-state index < -0.39 is 18.0 Å². The Balaban J connectivity index is 1.63. The van der Waals surface area contributed by atoms with E-state index in [1.54, 1.807) is 0 Å². The summed E-state index contributed by atoms with van der Waals surface area (Å²) in [4.78, 5) is 17.7. The molecule has 2 aromatic rings. The van der Waals surface area contributed by atoms with Gasteiger partial charge < -0.3 is 14.4 Å². The summed E-state index contributed by atoms with van der Waals surface area (Å²) in [6, 6.07) is 10.1. The van der Waals surface area contributed by atoms with Gasteiger partial charge in [0.15, 0.2) is 0 Å². The summed E-state index contributed by atoms with van der Waals surface area (Å²) in [7, 11) is 0. The van der Waals surface area contributed by atoms with E-state index in [0.717, 1.165) is 6.07 Å². The van der Waals surface area contributed by atoms with Crippen LogP contribution in [0.5, 0.6) is 11.6 Å². The first-order valence-corrected chi connectivity index (χ1v) is 7.52. The van der Waals surface area contributed by atoms with Crippen LogP contribution in [0, 0.1) is 11.3 Å². The molecule has 3 rings (SSSR count). The van der Waals surface area contributed by atoms with E-state index in [4.69, 9.17) is 10.00 Å². The van der Waals surface area contributed by atoms with Crippen molar-refractivity contribution in [2.45, 2.75) is 12.5 Å². The first-order valence-electron chi connectivity index (χ1n) is 7.52. The highest BCUT2D eigenvalue weighted by atomic mass is 19.4. The van der Waals surface area contributed by atoms with Crippen LogP contribution >= 0.6 is 0 Å². The maximum Gasteiger partial charge on any atom is 0.573 e. The van der Waals surface area contributed by atoms with E-state index in [1.807, 2.05) is 6.07 Å². The number of benzene rings is 1. The fourth-order valence-electron chi connectivity index (χ4n) is 2.42. The number of amides is 1. The molecule has 1 saturated heterocycles. The zero-order valence-electron chi connectivity index (χ0n) is 13.2. The van der Waals surface area contributed by atoms with Gasteiger partial charge in [-0.2, -0.15) is 5.26 Å². The van der Waals surface area contributed by atoms with Gasteiger partial charge in [0.05, 0.1) is 30.3 Å². The largest absolute Gasteiger partial charge is 0.573 e. The van der Waals surface area contributed by atoms with Gasteiger partial charge in [-0.05, 0) is 18.2 Å². The Labute approximate surface area is 146 Å². The number of para-hydroxylation sites is 1. The molecular weight excluding hydrogens is 351 g/mol. The number of likely N-dealkylation sites (tertiary alicyclic amines) is 1. The highest BCUT2D eigenvalue weighted by Crippen LogP contribution is 2.28. The van der Waals surface area contributed by atoms with Crippen LogP contribution < -0.4 is 9.47 Å². The number of nitriles is 1. The van der Waals surface area contributed by atoms with E-state index in [-0.39, 0.29) is 30.6 Å². The van der Waals surface area contributed by atoms with Gasteiger partial charge in [0, 0.05) is 12.3 Å². The molecule has 1 fully saturated rings. The lowest BCUT2D eigenvalue weighted by Gasteiger charge is -2.38. The minimum absolute atomic E-state index is 0.173. The minimum Gasteiger partial charge on any atom is -0.471 e. The van der Waals surface area contributed by atoms with Crippen LogP contribution in [-0.2, 0) is 0 Å². The highest BCUT2D eigenvalue weighted by molar-refractivity contribution is 5.97. The number of carbonyl (C=O) groups is 1. The molecule has 0 bridgehead atoms. The van der Waals surface area contributed by atoms with Gasteiger partial charge in [-0.3, -0.25) is 4.79 Å². The van der Waals surface area contributed by atoms with Gasteiger partial charge in [0.1, 0.15) is 11.9 Å². The highest BCUT2D eigenvalue weighted by Gasteiger charge is 2.37. The molecule has 0 unspecified atom stereocenters. The van der Waals surface area contributed by atoms with Crippen molar-refractivity contribution >= 4 is 5.91 Å². The number of hydrogen-bond donors (Lipinski definition) is 0. The quantitative estimate of drug-likeness (QED) is 0.835. The van der Waals surface area contributed by atoms with Crippen molar-refractivity contribution < 1.29 is 27.4 Å². The van der Waals surface area contributed by atoms with Gasteiger partial charge in [-0.1, -0.05) is 12.1 Å². The molecule has 9 heteroatoms. The zero-order chi connectivity index (χ0) is 18.7. The lowest BCUT2D eigenvalue weighted by Crippen LogP contribution is -2.56. The Kier molecular flexibility index (Phi) is 4.67. The average Bonchev–Trinajstić information content (AvgIpc) is 2.56. The van der Waals surface area contributed by atoms with Crippen LogP contribution in [0.3, 0.4) is 0 Å². The van der Waals surface area contributed by atoms with E-state index in [9.17, 15) is 18.0 Å². The summed E-state index contributed by atoms with van der Waals surface area (Å²) in [5, 5.41) is 8.84. The van der Waals surface area contributed by atoms with Crippen molar-refractivity contribution in [3.05, 3.63) is 53.7 Å². The van der Waals surface area contributed by atoms with Crippen molar-refractivity contribution in [1.82, 2.24) is 9.88 Å². The van der Waals surface area contributed by atoms with Crippen LogP contribution in [0.2, 0.25) is 0 Å². The van der Waals surface area contributed by atoms with Crippen molar-refractivity contribution in [2.24, 2.45) is 0 Å². The lowest BCUT2D eigenvalue weighted by atomic mass is 10.1. The summed E-state index contributed by atoms with van der Waals surface area (Å²) in [5.74, 6) is -0.872. The molecule has 1 amide bonds. The third kappa shape index (κ3) is 4.03. The van der Waals surface area contributed by atoms with Gasteiger partial charge in [-0.25, -0.2) is 4.98 Å². The Hall–Kier alpha value is -3.28. The molecule has 1 aromatic heterocycles. The van der Waals surface area contributed by atoms with Crippen LogP contribution in [-0.4, -0.2) is 41.3 Å².